The Bertz CT molecular complexity index is 323. The first-order valence-corrected chi connectivity index (χ1v) is 3.24. The molecule has 0 saturated heterocycles. The summed E-state index contributed by atoms with van der Waals surface area (Å²) in [7, 11) is 0. The summed E-state index contributed by atoms with van der Waals surface area (Å²) in [4.78, 5) is 21.9. The fourth-order valence-corrected chi connectivity index (χ4v) is 1.12. The van der Waals surface area contributed by atoms with Gasteiger partial charge in [0.05, 0.1) is 11.1 Å². The van der Waals surface area contributed by atoms with Gasteiger partial charge in [-0.2, -0.15) is 0 Å². The molecule has 0 aliphatic carbocycles. The average molecular weight is 293 g/mol. The first-order valence-electron chi connectivity index (χ1n) is 3.24. The molecule has 2 amide bonds. The number of hydrogen-bond acceptors (Lipinski definition) is 2. The Labute approximate surface area is 112 Å². The second-order valence-electron chi connectivity index (χ2n) is 2.33. The van der Waals surface area contributed by atoms with E-state index in [-0.39, 0.29) is 61.4 Å². The molecule has 0 radical (unpaired) electrons. The minimum atomic E-state index is -0.300. The van der Waals surface area contributed by atoms with E-state index >= 15 is 0 Å². The Morgan fingerprint density at radius 1 is 0.733 bits per heavy atom. The zero-order valence-electron chi connectivity index (χ0n) is 7.26. The monoisotopic (exact) mass is 291 g/mol. The van der Waals surface area contributed by atoms with Crippen molar-refractivity contribution in [2.24, 2.45) is 0 Å². The number of halogens is 4. The lowest BCUT2D eigenvalue weighted by molar-refractivity contribution is 0.0879. The molecule has 0 fully saturated rings. The highest BCUT2D eigenvalue weighted by molar-refractivity contribution is 6.21. The number of amides is 2. The largest absolute Gasteiger partial charge is 0.288 e. The maximum atomic E-state index is 10.9. The number of hydrogen-bond donors (Lipinski definition) is 1. The topological polar surface area (TPSA) is 46.2 Å². The molecular weight excluding hydrogens is 284 g/mol. The van der Waals surface area contributed by atoms with Gasteiger partial charge < -0.3 is 0 Å². The Kier molecular flexibility index (Phi) is 10.4. The third-order valence-electron chi connectivity index (χ3n) is 1.64. The van der Waals surface area contributed by atoms with Gasteiger partial charge in [0.15, 0.2) is 0 Å². The summed E-state index contributed by atoms with van der Waals surface area (Å²) >= 11 is 0. The van der Waals surface area contributed by atoms with Gasteiger partial charge in [0.1, 0.15) is 0 Å². The smallest absolute Gasteiger partial charge is 0.258 e. The van der Waals surface area contributed by atoms with Gasteiger partial charge in [0, 0.05) is 0 Å². The van der Waals surface area contributed by atoms with Crippen LogP contribution in [-0.2, 0) is 0 Å². The average Bonchev–Trinajstić information content (AvgIpc) is 2.30. The first-order chi connectivity index (χ1) is 5.29. The number of imide groups is 1. The lowest BCUT2D eigenvalue weighted by atomic mass is 10.1. The fourth-order valence-electron chi connectivity index (χ4n) is 1.12. The summed E-state index contributed by atoms with van der Waals surface area (Å²) in [6.07, 6.45) is 0. The lowest BCUT2D eigenvalue weighted by Crippen LogP contribution is -2.19. The number of fused-ring (bicyclic) bond motifs is 1. The number of carbonyl (C=O) groups is 2. The second-order valence-corrected chi connectivity index (χ2v) is 2.33. The van der Waals surface area contributed by atoms with Gasteiger partial charge in [0.25, 0.3) is 11.8 Å². The lowest BCUT2D eigenvalue weighted by Gasteiger charge is -1.88. The maximum Gasteiger partial charge on any atom is 0.258 e. The van der Waals surface area contributed by atoms with Gasteiger partial charge in [-0.15, -0.1) is 49.6 Å². The molecule has 0 aromatic heterocycles. The molecule has 2 rings (SSSR count). The Morgan fingerprint density at radius 2 is 1.07 bits per heavy atom. The molecule has 1 aliphatic heterocycles. The van der Waals surface area contributed by atoms with Crippen LogP contribution in [0.2, 0.25) is 0 Å². The maximum absolute atomic E-state index is 10.9. The predicted molar refractivity (Wildman–Crippen MR) is 67.2 cm³/mol. The summed E-state index contributed by atoms with van der Waals surface area (Å²) in [5.41, 5.74) is 0.940. The molecule has 86 valence electrons. The van der Waals surface area contributed by atoms with Crippen molar-refractivity contribution in [1.82, 2.24) is 5.32 Å². The standard InChI is InChI=1S/C8H5NO2.4ClH/c10-7-5-3-1-2-4-6(5)8(11)9-7;;;;/h1-4H,(H,9,10,11);4*1H. The van der Waals surface area contributed by atoms with E-state index in [2.05, 4.69) is 5.32 Å². The summed E-state index contributed by atoms with van der Waals surface area (Å²) in [6, 6.07) is 6.74. The van der Waals surface area contributed by atoms with Crippen LogP contribution in [0.15, 0.2) is 24.3 Å². The highest BCUT2D eigenvalue weighted by Crippen LogP contribution is 2.13. The third kappa shape index (κ3) is 3.54. The molecule has 0 saturated carbocycles. The Hall–Kier alpha value is -0.480. The van der Waals surface area contributed by atoms with E-state index in [1.54, 1.807) is 24.3 Å². The van der Waals surface area contributed by atoms with E-state index in [9.17, 15) is 9.59 Å². The van der Waals surface area contributed by atoms with Crippen LogP contribution in [0.3, 0.4) is 0 Å². The number of benzene rings is 1. The molecular formula is C8H9Cl4NO2. The molecule has 1 aromatic rings. The second kappa shape index (κ2) is 7.77. The zero-order chi connectivity index (χ0) is 7.84. The molecule has 1 aromatic carbocycles. The molecule has 0 bridgehead atoms. The normalized spacial score (nSPS) is 10.7. The van der Waals surface area contributed by atoms with Crippen molar-refractivity contribution in [3.05, 3.63) is 35.4 Å². The van der Waals surface area contributed by atoms with E-state index in [1.165, 1.54) is 0 Å². The van der Waals surface area contributed by atoms with Gasteiger partial charge in [-0.3, -0.25) is 14.9 Å². The van der Waals surface area contributed by atoms with Crippen molar-refractivity contribution < 1.29 is 9.59 Å². The molecule has 1 aliphatic rings. The van der Waals surface area contributed by atoms with E-state index in [0.29, 0.717) is 11.1 Å². The molecule has 0 atom stereocenters. The third-order valence-corrected chi connectivity index (χ3v) is 1.64. The van der Waals surface area contributed by atoms with Crippen LogP contribution >= 0.6 is 49.6 Å². The summed E-state index contributed by atoms with van der Waals surface area (Å²) in [5, 5.41) is 2.20. The minimum absolute atomic E-state index is 0. The first kappa shape index (κ1) is 20.0. The van der Waals surface area contributed by atoms with Crippen LogP contribution < -0.4 is 5.32 Å². The van der Waals surface area contributed by atoms with Crippen LogP contribution in [0.1, 0.15) is 20.7 Å². The van der Waals surface area contributed by atoms with Crippen molar-refractivity contribution in [1.29, 1.82) is 0 Å². The van der Waals surface area contributed by atoms with E-state index < -0.39 is 0 Å². The van der Waals surface area contributed by atoms with Crippen molar-refractivity contribution in [2.75, 3.05) is 0 Å². The number of nitrogens with one attached hydrogen (secondary N) is 1. The van der Waals surface area contributed by atoms with E-state index in [1.807, 2.05) is 0 Å². The Morgan fingerprint density at radius 3 is 1.40 bits per heavy atom. The van der Waals surface area contributed by atoms with Crippen molar-refractivity contribution in [3.63, 3.8) is 0 Å². The number of carbonyl (C=O) groups excluding carboxylic acids is 2. The van der Waals surface area contributed by atoms with Crippen LogP contribution in [0.5, 0.6) is 0 Å². The minimum Gasteiger partial charge on any atom is -0.288 e. The van der Waals surface area contributed by atoms with Gasteiger partial charge in [0.2, 0.25) is 0 Å². The molecule has 7 heteroatoms. The Balaban J connectivity index is -0.000000360. The zero-order valence-corrected chi connectivity index (χ0v) is 10.5. The van der Waals surface area contributed by atoms with E-state index in [0.717, 1.165) is 0 Å². The van der Waals surface area contributed by atoms with E-state index in [4.69, 9.17) is 0 Å². The molecule has 3 nitrogen and oxygen atoms in total. The summed E-state index contributed by atoms with van der Waals surface area (Å²) < 4.78 is 0. The number of rotatable bonds is 0. The molecule has 1 N–H and O–H groups in total. The highest BCUT2D eigenvalue weighted by atomic mass is 35.5. The molecule has 0 unspecified atom stereocenters. The fraction of sp³-hybridized carbons (Fsp3) is 0. The van der Waals surface area contributed by atoms with Crippen molar-refractivity contribution >= 4 is 61.4 Å². The van der Waals surface area contributed by atoms with Crippen LogP contribution in [-0.4, -0.2) is 11.8 Å². The molecule has 1 heterocycles. The molecule has 0 spiro atoms. The van der Waals surface area contributed by atoms with Gasteiger partial charge in [-0.05, 0) is 12.1 Å². The van der Waals surface area contributed by atoms with Crippen molar-refractivity contribution in [2.45, 2.75) is 0 Å². The summed E-state index contributed by atoms with van der Waals surface area (Å²) in [6.45, 7) is 0. The van der Waals surface area contributed by atoms with Crippen LogP contribution in [0.25, 0.3) is 0 Å². The van der Waals surface area contributed by atoms with Gasteiger partial charge in [-0.1, -0.05) is 12.1 Å². The summed E-state index contributed by atoms with van der Waals surface area (Å²) in [5.74, 6) is -0.601. The predicted octanol–water partition coefficient (Wildman–Crippen LogP) is 2.26. The van der Waals surface area contributed by atoms with Gasteiger partial charge in [-0.25, -0.2) is 0 Å². The van der Waals surface area contributed by atoms with Gasteiger partial charge >= 0.3 is 0 Å². The van der Waals surface area contributed by atoms with Crippen LogP contribution in [0, 0.1) is 0 Å². The highest BCUT2D eigenvalue weighted by Gasteiger charge is 2.25. The quantitative estimate of drug-likeness (QED) is 0.746. The molecule has 15 heavy (non-hydrogen) atoms. The SMILES string of the molecule is Cl.Cl.Cl.Cl.O=C1NC(=O)c2ccccc21. The van der Waals surface area contributed by atoms with Crippen LogP contribution in [0.4, 0.5) is 0 Å². The van der Waals surface area contributed by atoms with Crippen molar-refractivity contribution in [3.8, 4) is 0 Å².